The van der Waals surface area contributed by atoms with Gasteiger partial charge in [-0.05, 0) is 24.7 Å². The van der Waals surface area contributed by atoms with Gasteiger partial charge >= 0.3 is 5.81 Å². The van der Waals surface area contributed by atoms with Crippen LogP contribution >= 0.6 is 21.8 Å². The summed E-state index contributed by atoms with van der Waals surface area (Å²) in [4.78, 5) is 0. The molecular weight excluding hydrogens is 303 g/mol. The van der Waals surface area contributed by atoms with Crippen LogP contribution in [-0.2, 0) is 0 Å². The minimum Gasteiger partial charge on any atom is -0.534 e. The Morgan fingerprint density at radius 1 is 1.29 bits per heavy atom. The predicted molar refractivity (Wildman–Crippen MR) is 72.4 cm³/mol. The molecule has 1 aromatic carbocycles. The quantitative estimate of drug-likeness (QED) is 0.445. The molecule has 1 rings (SSSR count). The molecule has 0 radical (unpaired) electrons. The number of para-hydroxylation sites is 1. The molecule has 0 spiro atoms. The van der Waals surface area contributed by atoms with Gasteiger partial charge in [0.1, 0.15) is 5.75 Å². The Bertz CT molecular complexity index is 261. The molecule has 0 aliphatic heterocycles. The minimum absolute atomic E-state index is 1.02. The van der Waals surface area contributed by atoms with E-state index in [2.05, 4.69) is 35.3 Å². The van der Waals surface area contributed by atoms with Gasteiger partial charge in [0.2, 0.25) is 0 Å². The molecule has 0 aliphatic rings. The van der Waals surface area contributed by atoms with Gasteiger partial charge in [-0.1, -0.05) is 59.8 Å². The minimum atomic E-state index is -1.50. The second kappa shape index (κ2) is 5.75. The monoisotopic (exact) mass is 320 g/mol. The van der Waals surface area contributed by atoms with E-state index < -0.39 is 5.81 Å². The molecule has 0 bridgehead atoms. The second-order valence-corrected chi connectivity index (χ2v) is 13.4. The Morgan fingerprint density at radius 2 is 1.93 bits per heavy atom. The third kappa shape index (κ3) is 4.46. The van der Waals surface area contributed by atoms with Crippen molar-refractivity contribution < 1.29 is 4.43 Å². The zero-order valence-corrected chi connectivity index (χ0v) is 12.0. The number of unbranched alkanes of at least 4 members (excludes halogenated alkanes) is 1. The van der Waals surface area contributed by atoms with Crippen LogP contribution in [0.4, 0.5) is 0 Å². The van der Waals surface area contributed by atoms with Crippen molar-refractivity contribution in [2.24, 2.45) is 0 Å². The normalized spacial score (nSPS) is 14.8. The van der Waals surface area contributed by atoms with Crippen LogP contribution in [0.5, 0.6) is 5.75 Å². The van der Waals surface area contributed by atoms with E-state index in [1.807, 2.05) is 30.3 Å². The Balaban J connectivity index is 2.50. The molecule has 0 aliphatic carbocycles. The zero-order valence-electron chi connectivity index (χ0n) is 8.79. The van der Waals surface area contributed by atoms with Crippen molar-refractivity contribution in [1.82, 2.24) is 0 Å². The molecule has 3 heteroatoms. The summed E-state index contributed by atoms with van der Waals surface area (Å²) in [5, 5.41) is 0. The molecule has 14 heavy (non-hydrogen) atoms. The number of rotatable bonds is 5. The maximum atomic E-state index is 6.03. The molecule has 0 aromatic heterocycles. The summed E-state index contributed by atoms with van der Waals surface area (Å²) in [5.74, 6) is -0.475. The topological polar surface area (TPSA) is 9.23 Å². The van der Waals surface area contributed by atoms with E-state index in [9.17, 15) is 0 Å². The lowest BCUT2D eigenvalue weighted by molar-refractivity contribution is 0.563. The van der Waals surface area contributed by atoms with Crippen molar-refractivity contribution in [2.45, 2.75) is 32.4 Å². The molecular formula is C11H17IOSi. The van der Waals surface area contributed by atoms with Crippen molar-refractivity contribution >= 4 is 27.6 Å². The molecule has 1 nitrogen and oxygen atoms in total. The van der Waals surface area contributed by atoms with Gasteiger partial charge in [-0.15, -0.1) is 0 Å². The maximum Gasteiger partial charge on any atom is 0.313 e. The first-order valence-corrected chi connectivity index (χ1v) is 10.8. The molecule has 0 fully saturated rings. The highest BCUT2D eigenvalue weighted by Crippen LogP contribution is 2.25. The maximum absolute atomic E-state index is 6.03. The number of hydrogen-bond donors (Lipinski definition) is 0. The average molecular weight is 320 g/mol. The lowest BCUT2D eigenvalue weighted by Crippen LogP contribution is -2.29. The van der Waals surface area contributed by atoms with Crippen LogP contribution in [0.1, 0.15) is 19.8 Å². The summed E-state index contributed by atoms with van der Waals surface area (Å²) in [5.41, 5.74) is 0. The van der Waals surface area contributed by atoms with Gasteiger partial charge in [0.25, 0.3) is 0 Å². The Labute approximate surface area is 100 Å². The fourth-order valence-electron chi connectivity index (χ4n) is 1.28. The summed E-state index contributed by atoms with van der Waals surface area (Å²) < 4.78 is 6.03. The SMILES string of the molecule is CCCC[Si](C)(I)Oc1ccccc1. The van der Waals surface area contributed by atoms with Crippen LogP contribution in [-0.4, -0.2) is 5.81 Å². The first-order chi connectivity index (χ1) is 6.64. The van der Waals surface area contributed by atoms with Gasteiger partial charge in [-0.2, -0.15) is 0 Å². The molecule has 0 saturated heterocycles. The zero-order chi connectivity index (χ0) is 10.4. The van der Waals surface area contributed by atoms with E-state index in [0.29, 0.717) is 0 Å². The fourth-order valence-corrected chi connectivity index (χ4v) is 4.90. The summed E-state index contributed by atoms with van der Waals surface area (Å²) >= 11 is 2.52. The van der Waals surface area contributed by atoms with Crippen molar-refractivity contribution in [1.29, 1.82) is 0 Å². The molecule has 1 unspecified atom stereocenters. The molecule has 0 saturated carbocycles. The van der Waals surface area contributed by atoms with Crippen molar-refractivity contribution in [3.05, 3.63) is 30.3 Å². The van der Waals surface area contributed by atoms with E-state index in [4.69, 9.17) is 4.43 Å². The van der Waals surface area contributed by atoms with E-state index in [0.717, 1.165) is 5.75 Å². The smallest absolute Gasteiger partial charge is 0.313 e. The van der Waals surface area contributed by atoms with Gasteiger partial charge in [0, 0.05) is 0 Å². The van der Waals surface area contributed by atoms with Crippen LogP contribution in [0.15, 0.2) is 30.3 Å². The van der Waals surface area contributed by atoms with E-state index in [1.165, 1.54) is 18.9 Å². The first kappa shape index (κ1) is 12.0. The van der Waals surface area contributed by atoms with Gasteiger partial charge in [-0.3, -0.25) is 0 Å². The average Bonchev–Trinajstić information content (AvgIpc) is 2.16. The third-order valence-corrected chi connectivity index (χ3v) is 6.24. The van der Waals surface area contributed by atoms with Gasteiger partial charge in [0.05, 0.1) is 0 Å². The highest BCUT2D eigenvalue weighted by Gasteiger charge is 2.26. The van der Waals surface area contributed by atoms with Gasteiger partial charge in [0.15, 0.2) is 0 Å². The lowest BCUT2D eigenvalue weighted by Gasteiger charge is -2.21. The summed E-state index contributed by atoms with van der Waals surface area (Å²) in [6, 6.07) is 11.4. The summed E-state index contributed by atoms with van der Waals surface area (Å²) in [6.45, 7) is 4.50. The van der Waals surface area contributed by atoms with Crippen LogP contribution in [0, 0.1) is 0 Å². The van der Waals surface area contributed by atoms with Crippen LogP contribution in [0.25, 0.3) is 0 Å². The molecule has 0 heterocycles. The van der Waals surface area contributed by atoms with Gasteiger partial charge in [-0.25, -0.2) is 0 Å². The van der Waals surface area contributed by atoms with Gasteiger partial charge < -0.3 is 4.43 Å². The highest BCUT2D eigenvalue weighted by atomic mass is 127. The molecule has 0 amide bonds. The summed E-state index contributed by atoms with van der Waals surface area (Å²) in [7, 11) is 0. The highest BCUT2D eigenvalue weighted by molar-refractivity contribution is 14.1. The second-order valence-electron chi connectivity index (χ2n) is 3.62. The number of hydrogen-bond acceptors (Lipinski definition) is 1. The predicted octanol–water partition coefficient (Wildman–Crippen LogP) is 4.37. The largest absolute Gasteiger partial charge is 0.534 e. The number of halogens is 1. The number of benzene rings is 1. The molecule has 1 atom stereocenters. The standard InChI is InChI=1S/C11H17IOSi/c1-3-4-10-14(2,12)13-11-8-6-5-7-9-11/h5-9H,3-4,10H2,1-2H3. The van der Waals surface area contributed by atoms with Crippen LogP contribution in [0.2, 0.25) is 12.6 Å². The van der Waals surface area contributed by atoms with E-state index in [1.54, 1.807) is 0 Å². The Hall–Kier alpha value is -0.0331. The fraction of sp³-hybridized carbons (Fsp3) is 0.455. The molecule has 1 aromatic rings. The van der Waals surface area contributed by atoms with Crippen molar-refractivity contribution in [3.8, 4) is 5.75 Å². The van der Waals surface area contributed by atoms with Crippen molar-refractivity contribution in [3.63, 3.8) is 0 Å². The molecule has 0 N–H and O–H groups in total. The third-order valence-electron chi connectivity index (χ3n) is 2.05. The van der Waals surface area contributed by atoms with E-state index >= 15 is 0 Å². The Kier molecular flexibility index (Phi) is 4.95. The summed E-state index contributed by atoms with van der Waals surface area (Å²) in [6.07, 6.45) is 2.53. The van der Waals surface area contributed by atoms with Crippen LogP contribution < -0.4 is 4.43 Å². The van der Waals surface area contributed by atoms with Crippen molar-refractivity contribution in [2.75, 3.05) is 0 Å². The lowest BCUT2D eigenvalue weighted by atomic mass is 10.3. The van der Waals surface area contributed by atoms with Crippen LogP contribution in [0.3, 0.4) is 0 Å². The molecule has 78 valence electrons. The Morgan fingerprint density at radius 3 is 2.50 bits per heavy atom. The first-order valence-electron chi connectivity index (χ1n) is 5.07. The van der Waals surface area contributed by atoms with E-state index in [-0.39, 0.29) is 0 Å².